The van der Waals surface area contributed by atoms with Crippen LogP contribution in [0.15, 0.2) is 23.2 Å². The van der Waals surface area contributed by atoms with Crippen LogP contribution in [0.5, 0.6) is 23.0 Å². The summed E-state index contributed by atoms with van der Waals surface area (Å²) in [6.07, 6.45) is 7.11. The molecule has 56 heavy (non-hydrogen) atoms. The van der Waals surface area contributed by atoms with Crippen LogP contribution in [-0.4, -0.2) is 77.6 Å². The summed E-state index contributed by atoms with van der Waals surface area (Å²) in [5.41, 5.74) is 10.9. The first-order chi connectivity index (χ1) is 27.1. The monoisotopic (exact) mass is 800 g/mol. The minimum atomic E-state index is -0.787. The van der Waals surface area contributed by atoms with Crippen LogP contribution >= 0.6 is 21.6 Å². The fourth-order valence-electron chi connectivity index (χ4n) is 8.74. The molecule has 12 heteroatoms. The molecule has 1 fully saturated rings. The molecule has 4 heterocycles. The number of phenols is 1. The van der Waals surface area contributed by atoms with Crippen molar-refractivity contribution in [3.63, 3.8) is 0 Å². The Bertz CT molecular complexity index is 1920. The van der Waals surface area contributed by atoms with E-state index in [0.29, 0.717) is 68.6 Å². The maximum atomic E-state index is 13.1. The lowest BCUT2D eigenvalue weighted by atomic mass is 9.79. The van der Waals surface area contributed by atoms with Crippen LogP contribution in [0.4, 0.5) is 0 Å². The summed E-state index contributed by atoms with van der Waals surface area (Å²) in [6, 6.07) is 5.44. The van der Waals surface area contributed by atoms with Gasteiger partial charge in [-0.05, 0) is 61.6 Å². The van der Waals surface area contributed by atoms with Crippen LogP contribution in [0.25, 0.3) is 0 Å². The quantitative estimate of drug-likeness (QED) is 0.188. The normalized spacial score (nSPS) is 26.8. The zero-order chi connectivity index (χ0) is 39.2. The number of phenolic OH excluding ortho intramolecular Hbond substituents is 1. The fourth-order valence-corrected chi connectivity index (χ4v) is 11.6. The SMILES string of the molecule is COc1c(O)ccc2c1C#CCc1cc(c3c4c1OCNC1(CC#C[C@H]5NC(N)=N[C@@H](C(C)C)CSSC[C@H]5[C@H](CO4)C3)CCCC1)CC[C@@H](O)CC(=O)CC2. The first-order valence-corrected chi connectivity index (χ1v) is 22.7. The van der Waals surface area contributed by atoms with Gasteiger partial charge in [-0.25, -0.2) is 4.99 Å². The average Bonchev–Trinajstić information content (AvgIpc) is 3.64. The Hall–Kier alpha value is -3.68. The Balaban J connectivity index is 1.32. The van der Waals surface area contributed by atoms with E-state index in [2.05, 4.69) is 54.2 Å². The van der Waals surface area contributed by atoms with Crippen LogP contribution in [0.1, 0.15) is 93.0 Å². The van der Waals surface area contributed by atoms with Gasteiger partial charge in [-0.1, -0.05) is 84.1 Å². The maximum absolute atomic E-state index is 13.1. The number of methoxy groups -OCH3 is 1. The van der Waals surface area contributed by atoms with Crippen molar-refractivity contribution < 1.29 is 29.2 Å². The number of hydrogen-bond donors (Lipinski definition) is 5. The van der Waals surface area contributed by atoms with Crippen LogP contribution < -0.4 is 30.6 Å². The molecule has 6 bridgehead atoms. The number of hydrogen-bond acceptors (Lipinski definition) is 12. The van der Waals surface area contributed by atoms with Crippen molar-refractivity contribution in [1.82, 2.24) is 10.6 Å². The number of carbonyl (C=O) groups excluding carboxylic acids is 1. The summed E-state index contributed by atoms with van der Waals surface area (Å²) in [7, 11) is 5.25. The van der Waals surface area contributed by atoms with Gasteiger partial charge in [-0.15, -0.1) is 0 Å². The minimum absolute atomic E-state index is 0.00680. The predicted molar refractivity (Wildman–Crippen MR) is 224 cm³/mol. The second-order valence-electron chi connectivity index (χ2n) is 16.3. The molecule has 2 aliphatic carbocycles. The first kappa shape index (κ1) is 40.5. The Morgan fingerprint density at radius 1 is 1.04 bits per heavy atom. The highest BCUT2D eigenvalue weighted by Crippen LogP contribution is 2.45. The molecule has 1 spiro atoms. The first-order valence-electron chi connectivity index (χ1n) is 20.2. The second-order valence-corrected chi connectivity index (χ2v) is 18.9. The zero-order valence-corrected chi connectivity index (χ0v) is 34.5. The average molecular weight is 801 g/mol. The number of ether oxygens (including phenoxy) is 3. The number of fused-ring (bicyclic) bond motifs is 7. The van der Waals surface area contributed by atoms with Crippen molar-refractivity contribution in [2.75, 3.05) is 32.0 Å². The molecule has 10 nitrogen and oxygen atoms in total. The lowest BCUT2D eigenvalue weighted by Crippen LogP contribution is -2.49. The van der Waals surface area contributed by atoms with Gasteiger partial charge in [0.15, 0.2) is 29.0 Å². The summed E-state index contributed by atoms with van der Waals surface area (Å²) in [5.74, 6) is 18.4. The standard InChI is InChI=1S/C44H56N4O6S2/c1-27(2)38-25-56-55-24-36-31-21-35-29-12-15-33(50)22-32(49)14-11-28-13-16-39(51)41(52-3)34(28)9-6-8-30(20-29)40(42(35)53-23-31)54-26-46-44(17-4-5-18-44)19-7-10-37(36)47-43(45)48-38/h13,16,20,27,31,33,36-38,46,50-51H,4-5,8,11-12,14-15,17-19,21-26H2,1-3H3,(H3,45,47,48)/t31-,33+,36-,37+,38+/m0/s1. The van der Waals surface area contributed by atoms with Gasteiger partial charge < -0.3 is 35.5 Å². The smallest absolute Gasteiger partial charge is 0.189 e. The molecular formula is C44H56N4O6S2. The fraction of sp³-hybridized carbons (Fsp3) is 0.591. The van der Waals surface area contributed by atoms with Gasteiger partial charge >= 0.3 is 0 Å². The molecule has 8 rings (SSSR count). The third-order valence-corrected chi connectivity index (χ3v) is 14.6. The summed E-state index contributed by atoms with van der Waals surface area (Å²) in [4.78, 5) is 18.1. The molecule has 0 amide bonds. The molecule has 6 N–H and O–H groups in total. The van der Waals surface area contributed by atoms with Crippen molar-refractivity contribution in [2.45, 2.75) is 115 Å². The van der Waals surface area contributed by atoms with Crippen molar-refractivity contribution in [1.29, 1.82) is 0 Å². The predicted octanol–water partition coefficient (Wildman–Crippen LogP) is 5.70. The number of nitrogens with two attached hydrogens (primary N) is 1. The lowest BCUT2D eigenvalue weighted by Gasteiger charge is -2.37. The van der Waals surface area contributed by atoms with Crippen molar-refractivity contribution in [2.24, 2.45) is 28.5 Å². The zero-order valence-electron chi connectivity index (χ0n) is 32.9. The number of aliphatic imine (C=N–C) groups is 1. The number of nitrogens with zero attached hydrogens (tertiary/aromatic N) is 1. The number of aromatic hydroxyl groups is 1. The molecule has 4 aliphatic heterocycles. The highest BCUT2D eigenvalue weighted by atomic mass is 33.1. The number of carbonyl (C=O) groups is 1. The number of guanidine groups is 1. The van der Waals surface area contributed by atoms with E-state index < -0.39 is 6.10 Å². The van der Waals surface area contributed by atoms with E-state index >= 15 is 0 Å². The molecule has 2 aromatic carbocycles. The molecule has 300 valence electrons. The number of nitrogens with one attached hydrogen (secondary N) is 2. The van der Waals surface area contributed by atoms with E-state index in [1.54, 1.807) is 12.1 Å². The highest BCUT2D eigenvalue weighted by molar-refractivity contribution is 8.76. The van der Waals surface area contributed by atoms with Crippen LogP contribution in [0.3, 0.4) is 0 Å². The third-order valence-electron chi connectivity index (χ3n) is 12.1. The van der Waals surface area contributed by atoms with Crippen LogP contribution in [0.2, 0.25) is 0 Å². The number of aliphatic hydroxyl groups excluding tert-OH is 1. The van der Waals surface area contributed by atoms with Gasteiger partial charge in [0, 0.05) is 65.7 Å². The molecule has 1 saturated carbocycles. The molecule has 0 unspecified atom stereocenters. The van der Waals surface area contributed by atoms with Crippen molar-refractivity contribution >= 4 is 33.3 Å². The largest absolute Gasteiger partial charge is 0.504 e. The Kier molecular flexibility index (Phi) is 13.2. The minimum Gasteiger partial charge on any atom is -0.504 e. The van der Waals surface area contributed by atoms with Gasteiger partial charge in [-0.2, -0.15) is 0 Å². The summed E-state index contributed by atoms with van der Waals surface area (Å²) in [5, 5.41) is 29.2. The molecule has 0 saturated heterocycles. The summed E-state index contributed by atoms with van der Waals surface area (Å²) >= 11 is 0. The number of Topliss-reactive ketones (excluding diaryl/α,β-unsaturated/α-hetero) is 1. The van der Waals surface area contributed by atoms with Crippen molar-refractivity contribution in [3.8, 4) is 46.7 Å². The summed E-state index contributed by atoms with van der Waals surface area (Å²) in [6.45, 7) is 5.16. The van der Waals surface area contributed by atoms with Gasteiger partial charge in [0.2, 0.25) is 0 Å². The molecule has 0 aromatic heterocycles. The molecule has 6 aliphatic rings. The Labute approximate surface area is 339 Å². The number of benzene rings is 2. The van der Waals surface area contributed by atoms with E-state index in [0.717, 1.165) is 71.6 Å². The van der Waals surface area contributed by atoms with Gasteiger partial charge in [0.25, 0.3) is 0 Å². The lowest BCUT2D eigenvalue weighted by molar-refractivity contribution is -0.121. The van der Waals surface area contributed by atoms with Crippen molar-refractivity contribution in [3.05, 3.63) is 46.0 Å². The third kappa shape index (κ3) is 9.37. The van der Waals surface area contributed by atoms with Gasteiger partial charge in [-0.3, -0.25) is 10.1 Å². The van der Waals surface area contributed by atoms with E-state index in [4.69, 9.17) is 24.9 Å². The van der Waals surface area contributed by atoms with E-state index in [1.807, 2.05) is 21.6 Å². The topological polar surface area (TPSA) is 148 Å². The number of rotatable bonds is 2. The summed E-state index contributed by atoms with van der Waals surface area (Å²) < 4.78 is 19.2. The van der Waals surface area contributed by atoms with Gasteiger partial charge in [0.05, 0.1) is 37.5 Å². The molecular weight excluding hydrogens is 745 g/mol. The molecule has 0 radical (unpaired) electrons. The molecule has 5 atom stereocenters. The van der Waals surface area contributed by atoms with Crippen LogP contribution in [-0.2, 0) is 30.5 Å². The Morgan fingerprint density at radius 3 is 2.66 bits per heavy atom. The van der Waals surface area contributed by atoms with E-state index in [9.17, 15) is 15.0 Å². The van der Waals surface area contributed by atoms with Gasteiger partial charge in [0.1, 0.15) is 12.5 Å². The van der Waals surface area contributed by atoms with E-state index in [-0.39, 0.29) is 59.6 Å². The number of ketones is 1. The van der Waals surface area contributed by atoms with E-state index in [1.165, 1.54) is 7.11 Å². The second kappa shape index (κ2) is 18.3. The van der Waals surface area contributed by atoms with Crippen LogP contribution in [0, 0.1) is 41.4 Å². The number of aryl methyl sites for hydroxylation is 2. The highest BCUT2D eigenvalue weighted by Gasteiger charge is 2.38. The Morgan fingerprint density at radius 2 is 1.86 bits per heavy atom. The number of aliphatic hydroxyl groups is 1. The molecule has 2 aromatic rings. The maximum Gasteiger partial charge on any atom is 0.189 e.